The summed E-state index contributed by atoms with van der Waals surface area (Å²) in [6.07, 6.45) is 2.10. The summed E-state index contributed by atoms with van der Waals surface area (Å²) in [5, 5.41) is 1.90. The molecule has 0 aliphatic heterocycles. The van der Waals surface area contributed by atoms with Crippen LogP contribution < -0.4 is 10.5 Å². The molecule has 0 aliphatic rings. The molecule has 0 atom stereocenters. The van der Waals surface area contributed by atoms with Gasteiger partial charge in [-0.05, 0) is 42.0 Å². The van der Waals surface area contributed by atoms with E-state index in [1.54, 1.807) is 0 Å². The van der Waals surface area contributed by atoms with Gasteiger partial charge in [-0.1, -0.05) is 17.7 Å². The van der Waals surface area contributed by atoms with Crippen LogP contribution in [0.5, 0.6) is 5.75 Å². The topological polar surface area (TPSA) is 40.2 Å². The van der Waals surface area contributed by atoms with Crippen LogP contribution in [0.15, 0.2) is 48.7 Å². The quantitative estimate of drug-likeness (QED) is 0.794. The van der Waals surface area contributed by atoms with E-state index in [1.165, 1.54) is 10.9 Å². The van der Waals surface area contributed by atoms with Crippen molar-refractivity contribution in [3.63, 3.8) is 0 Å². The zero-order chi connectivity index (χ0) is 14.8. The number of nitrogens with zero attached hydrogens (tertiary/aromatic N) is 1. The predicted molar refractivity (Wildman–Crippen MR) is 86.6 cm³/mol. The van der Waals surface area contributed by atoms with Gasteiger partial charge in [0.15, 0.2) is 0 Å². The summed E-state index contributed by atoms with van der Waals surface area (Å²) in [6, 6.07) is 13.7. The second kappa shape index (κ2) is 5.80. The number of hydrogen-bond donors (Lipinski definition) is 1. The molecule has 0 aliphatic carbocycles. The Labute approximate surface area is 128 Å². The number of aryl methyl sites for hydroxylation is 1. The second-order valence-corrected chi connectivity index (χ2v) is 5.50. The van der Waals surface area contributed by atoms with Crippen LogP contribution in [0.4, 0.5) is 0 Å². The van der Waals surface area contributed by atoms with Crippen molar-refractivity contribution in [2.24, 2.45) is 12.8 Å². The van der Waals surface area contributed by atoms with Crippen molar-refractivity contribution >= 4 is 22.5 Å². The fraction of sp³-hybridized carbons (Fsp3) is 0.176. The van der Waals surface area contributed by atoms with Crippen molar-refractivity contribution in [2.75, 3.05) is 0 Å². The highest BCUT2D eigenvalue weighted by atomic mass is 35.5. The van der Waals surface area contributed by atoms with Crippen LogP contribution in [0.2, 0.25) is 5.02 Å². The zero-order valence-electron chi connectivity index (χ0n) is 11.8. The van der Waals surface area contributed by atoms with E-state index >= 15 is 0 Å². The number of halogens is 1. The third kappa shape index (κ3) is 2.89. The monoisotopic (exact) mass is 300 g/mol. The van der Waals surface area contributed by atoms with Crippen molar-refractivity contribution in [1.29, 1.82) is 0 Å². The molecular weight excluding hydrogens is 284 g/mol. The van der Waals surface area contributed by atoms with Crippen LogP contribution in [-0.4, -0.2) is 4.57 Å². The molecule has 2 aromatic carbocycles. The maximum Gasteiger partial charge on any atom is 0.119 e. The molecule has 1 heterocycles. The number of fused-ring (bicyclic) bond motifs is 1. The highest BCUT2D eigenvalue weighted by Crippen LogP contribution is 2.24. The lowest BCUT2D eigenvalue weighted by Gasteiger charge is -2.06. The highest BCUT2D eigenvalue weighted by molar-refractivity contribution is 6.30. The Morgan fingerprint density at radius 3 is 2.62 bits per heavy atom. The largest absolute Gasteiger partial charge is 0.489 e. The molecule has 21 heavy (non-hydrogen) atoms. The highest BCUT2D eigenvalue weighted by Gasteiger charge is 2.08. The first-order valence-corrected chi connectivity index (χ1v) is 7.20. The van der Waals surface area contributed by atoms with Gasteiger partial charge in [-0.25, -0.2) is 0 Å². The molecule has 0 spiro atoms. The Balaban J connectivity index is 1.87. The molecule has 0 radical (unpaired) electrons. The molecule has 1 aromatic heterocycles. The number of rotatable bonds is 4. The number of benzene rings is 2. The van der Waals surface area contributed by atoms with Crippen molar-refractivity contribution in [1.82, 2.24) is 4.57 Å². The maximum atomic E-state index is 5.87. The van der Waals surface area contributed by atoms with Crippen LogP contribution in [0.25, 0.3) is 10.9 Å². The van der Waals surface area contributed by atoms with Crippen LogP contribution in [0.3, 0.4) is 0 Å². The van der Waals surface area contributed by atoms with Crippen LogP contribution in [0.1, 0.15) is 11.1 Å². The SMILES string of the molecule is Cn1cc(COc2ccc(Cl)cc2)c2cc(CN)ccc21. The van der Waals surface area contributed by atoms with Gasteiger partial charge in [0.25, 0.3) is 0 Å². The fourth-order valence-electron chi connectivity index (χ4n) is 2.45. The predicted octanol–water partition coefficient (Wildman–Crippen LogP) is 3.87. The lowest BCUT2D eigenvalue weighted by molar-refractivity contribution is 0.307. The van der Waals surface area contributed by atoms with Crippen molar-refractivity contribution in [2.45, 2.75) is 13.2 Å². The van der Waals surface area contributed by atoms with E-state index in [0.717, 1.165) is 16.9 Å². The smallest absolute Gasteiger partial charge is 0.119 e. The second-order valence-electron chi connectivity index (χ2n) is 5.06. The summed E-state index contributed by atoms with van der Waals surface area (Å²) in [4.78, 5) is 0. The molecular formula is C17H17ClN2O. The van der Waals surface area contributed by atoms with E-state index in [-0.39, 0.29) is 0 Å². The molecule has 0 unspecified atom stereocenters. The van der Waals surface area contributed by atoms with Crippen molar-refractivity contribution < 1.29 is 4.74 Å². The molecule has 3 nitrogen and oxygen atoms in total. The Morgan fingerprint density at radius 1 is 1.14 bits per heavy atom. The van der Waals surface area contributed by atoms with Gasteiger partial charge in [0, 0.05) is 41.3 Å². The minimum absolute atomic E-state index is 0.521. The summed E-state index contributed by atoms with van der Waals surface area (Å²) in [5.41, 5.74) is 9.19. The fourth-order valence-corrected chi connectivity index (χ4v) is 2.58. The summed E-state index contributed by atoms with van der Waals surface area (Å²) in [7, 11) is 2.04. The van der Waals surface area contributed by atoms with E-state index in [0.29, 0.717) is 18.2 Å². The Bertz CT molecular complexity index is 762. The maximum absolute atomic E-state index is 5.87. The van der Waals surface area contributed by atoms with Crippen molar-refractivity contribution in [3.05, 3.63) is 64.8 Å². The van der Waals surface area contributed by atoms with Crippen LogP contribution in [-0.2, 0) is 20.2 Å². The van der Waals surface area contributed by atoms with Gasteiger partial charge < -0.3 is 15.0 Å². The lowest BCUT2D eigenvalue weighted by Crippen LogP contribution is -1.97. The number of ether oxygens (including phenoxy) is 1. The van der Waals surface area contributed by atoms with E-state index in [9.17, 15) is 0 Å². The Hall–Kier alpha value is -1.97. The molecule has 0 saturated carbocycles. The van der Waals surface area contributed by atoms with Gasteiger partial charge in [-0.2, -0.15) is 0 Å². The summed E-state index contributed by atoms with van der Waals surface area (Å²) >= 11 is 5.87. The zero-order valence-corrected chi connectivity index (χ0v) is 12.6. The third-order valence-corrected chi connectivity index (χ3v) is 3.83. The van der Waals surface area contributed by atoms with E-state index in [4.69, 9.17) is 22.1 Å². The number of hydrogen-bond acceptors (Lipinski definition) is 2. The lowest BCUT2D eigenvalue weighted by atomic mass is 10.1. The Kier molecular flexibility index (Phi) is 3.86. The van der Waals surface area contributed by atoms with Gasteiger partial charge in [0.1, 0.15) is 12.4 Å². The summed E-state index contributed by atoms with van der Waals surface area (Å²) < 4.78 is 7.95. The van der Waals surface area contributed by atoms with E-state index < -0.39 is 0 Å². The van der Waals surface area contributed by atoms with Crippen molar-refractivity contribution in [3.8, 4) is 5.75 Å². The molecule has 108 valence electrons. The summed E-state index contributed by atoms with van der Waals surface area (Å²) in [6.45, 7) is 1.06. The number of nitrogens with two attached hydrogens (primary N) is 1. The van der Waals surface area contributed by atoms with Gasteiger partial charge in [-0.3, -0.25) is 0 Å². The first-order chi connectivity index (χ1) is 10.2. The summed E-state index contributed by atoms with van der Waals surface area (Å²) in [5.74, 6) is 0.811. The standard InChI is InChI=1S/C17H17ClN2O/c1-20-10-13(11-21-15-5-3-14(18)4-6-15)16-8-12(9-19)2-7-17(16)20/h2-8,10H,9,11,19H2,1H3. The van der Waals surface area contributed by atoms with Crippen LogP contribution in [0, 0.1) is 0 Å². The molecule has 0 bridgehead atoms. The van der Waals surface area contributed by atoms with E-state index in [2.05, 4.69) is 29.0 Å². The molecule has 3 aromatic rings. The minimum Gasteiger partial charge on any atom is -0.489 e. The molecule has 2 N–H and O–H groups in total. The third-order valence-electron chi connectivity index (χ3n) is 3.58. The molecule has 3 rings (SSSR count). The van der Waals surface area contributed by atoms with E-state index in [1.807, 2.05) is 31.3 Å². The molecule has 4 heteroatoms. The normalized spacial score (nSPS) is 11.0. The molecule has 0 saturated heterocycles. The van der Waals surface area contributed by atoms with Crippen LogP contribution >= 0.6 is 11.6 Å². The Morgan fingerprint density at radius 2 is 1.90 bits per heavy atom. The van der Waals surface area contributed by atoms with Gasteiger partial charge in [0.2, 0.25) is 0 Å². The van der Waals surface area contributed by atoms with Gasteiger partial charge >= 0.3 is 0 Å². The molecule has 0 amide bonds. The average molecular weight is 301 g/mol. The number of aromatic nitrogens is 1. The molecule has 0 fully saturated rings. The minimum atomic E-state index is 0.521. The average Bonchev–Trinajstić information content (AvgIpc) is 2.82. The van der Waals surface area contributed by atoms with Gasteiger partial charge in [0.05, 0.1) is 0 Å². The van der Waals surface area contributed by atoms with Gasteiger partial charge in [-0.15, -0.1) is 0 Å². The first-order valence-electron chi connectivity index (χ1n) is 6.82. The first kappa shape index (κ1) is 14.0.